The molecule has 3 aliphatic rings. The molecule has 1 fully saturated rings. The summed E-state index contributed by atoms with van der Waals surface area (Å²) in [6, 6.07) is 7.50. The zero-order valence-electron chi connectivity index (χ0n) is 21.9. The highest BCUT2D eigenvalue weighted by Crippen LogP contribution is 2.63. The van der Waals surface area contributed by atoms with Crippen molar-refractivity contribution in [3.63, 3.8) is 0 Å². The highest BCUT2D eigenvalue weighted by molar-refractivity contribution is 5.75. The van der Waals surface area contributed by atoms with E-state index in [1.165, 1.54) is 22.9 Å². The standard InChI is InChI=1S/C28H28F2N8O/c1-27(2)14-16-9-11-28(27,25-17(16)13-20(35-36-25)24-18(29)5-4-6-19(24)30)21-10-12-32-26(34-21)38-15-33-22(37-38)7-8-23(39)31-3/h4-6,10,12-13,15-16H,7-9,11,14H2,1-3H3,(H,31,39)/t16-,28+/m1/s1. The van der Waals surface area contributed by atoms with Crippen LogP contribution in [-0.4, -0.2) is 47.9 Å². The summed E-state index contributed by atoms with van der Waals surface area (Å²) in [6.07, 6.45) is 6.51. The summed E-state index contributed by atoms with van der Waals surface area (Å²) in [5.41, 5.74) is 1.80. The van der Waals surface area contributed by atoms with Crippen LogP contribution in [0.25, 0.3) is 17.2 Å². The van der Waals surface area contributed by atoms with Crippen molar-refractivity contribution in [3.8, 4) is 17.2 Å². The van der Waals surface area contributed by atoms with Crippen LogP contribution in [0.2, 0.25) is 0 Å². The van der Waals surface area contributed by atoms with Gasteiger partial charge in [0, 0.05) is 26.1 Å². The summed E-state index contributed by atoms with van der Waals surface area (Å²) in [6.45, 7) is 4.42. The number of hydrogen-bond acceptors (Lipinski definition) is 7. The van der Waals surface area contributed by atoms with E-state index in [0.29, 0.717) is 18.2 Å². The molecule has 3 aromatic heterocycles. The Morgan fingerprint density at radius 2 is 1.95 bits per heavy atom. The Bertz CT molecular complexity index is 1570. The van der Waals surface area contributed by atoms with Crippen molar-refractivity contribution in [2.75, 3.05) is 7.05 Å². The first-order chi connectivity index (χ1) is 18.7. The number of hydrogen-bond donors (Lipinski definition) is 1. The molecular formula is C28H28F2N8O. The van der Waals surface area contributed by atoms with Gasteiger partial charge in [0.05, 0.1) is 28.1 Å². The smallest absolute Gasteiger partial charge is 0.252 e. The van der Waals surface area contributed by atoms with Crippen molar-refractivity contribution >= 4 is 5.91 Å². The highest BCUT2D eigenvalue weighted by Gasteiger charge is 2.59. The number of rotatable bonds is 6. The maximum absolute atomic E-state index is 14.6. The van der Waals surface area contributed by atoms with Crippen LogP contribution in [0.1, 0.15) is 68.2 Å². The number of nitrogens with one attached hydrogen (secondary N) is 1. The average Bonchev–Trinajstić information content (AvgIpc) is 3.41. The molecule has 3 aliphatic carbocycles. The Morgan fingerprint density at radius 1 is 1.15 bits per heavy atom. The first-order valence-electron chi connectivity index (χ1n) is 13.0. The number of carbonyl (C=O) groups excluding carboxylic acids is 1. The molecule has 1 aromatic carbocycles. The molecular weight excluding hydrogens is 502 g/mol. The second-order valence-corrected chi connectivity index (χ2v) is 10.9. The quantitative estimate of drug-likeness (QED) is 0.400. The molecule has 1 saturated carbocycles. The van der Waals surface area contributed by atoms with Gasteiger partial charge in [-0.15, -0.1) is 10.2 Å². The molecule has 200 valence electrons. The summed E-state index contributed by atoms with van der Waals surface area (Å²) >= 11 is 0. The van der Waals surface area contributed by atoms with E-state index in [1.807, 2.05) is 6.07 Å². The van der Waals surface area contributed by atoms with Crippen LogP contribution in [0.5, 0.6) is 0 Å². The van der Waals surface area contributed by atoms with Gasteiger partial charge >= 0.3 is 0 Å². The summed E-state index contributed by atoms with van der Waals surface area (Å²) < 4.78 is 30.7. The van der Waals surface area contributed by atoms with E-state index in [9.17, 15) is 13.6 Å². The lowest BCUT2D eigenvalue weighted by Gasteiger charge is -2.56. The summed E-state index contributed by atoms with van der Waals surface area (Å²) in [5.74, 6) is -0.316. The van der Waals surface area contributed by atoms with E-state index in [2.05, 4.69) is 44.4 Å². The van der Waals surface area contributed by atoms with Crippen molar-refractivity contribution in [2.45, 2.75) is 57.3 Å². The number of aromatic nitrogens is 7. The van der Waals surface area contributed by atoms with Gasteiger partial charge < -0.3 is 5.32 Å². The fraction of sp³-hybridized carbons (Fsp3) is 0.393. The second kappa shape index (κ2) is 9.25. The first kappa shape index (κ1) is 25.1. The predicted molar refractivity (Wildman–Crippen MR) is 138 cm³/mol. The van der Waals surface area contributed by atoms with E-state index in [-0.39, 0.29) is 34.9 Å². The van der Waals surface area contributed by atoms with E-state index >= 15 is 0 Å². The van der Waals surface area contributed by atoms with E-state index in [1.54, 1.807) is 25.6 Å². The lowest BCUT2D eigenvalue weighted by Crippen LogP contribution is -2.53. The predicted octanol–water partition coefficient (Wildman–Crippen LogP) is 4.06. The van der Waals surface area contributed by atoms with Crippen LogP contribution < -0.4 is 5.32 Å². The van der Waals surface area contributed by atoms with E-state index in [0.717, 1.165) is 36.2 Å². The molecule has 0 spiro atoms. The van der Waals surface area contributed by atoms with E-state index < -0.39 is 17.0 Å². The maximum Gasteiger partial charge on any atom is 0.252 e. The van der Waals surface area contributed by atoms with Crippen molar-refractivity contribution in [3.05, 3.63) is 77.3 Å². The normalized spacial score (nSPS) is 21.0. The Morgan fingerprint density at radius 3 is 2.69 bits per heavy atom. The molecule has 9 nitrogen and oxygen atoms in total. The number of carbonyl (C=O) groups is 1. The molecule has 2 bridgehead atoms. The largest absolute Gasteiger partial charge is 0.359 e. The third-order valence-electron chi connectivity index (χ3n) is 8.35. The number of amides is 1. The topological polar surface area (TPSA) is 111 Å². The SMILES string of the molecule is CNC(=O)CCc1ncn(-c2nccc([C@]34CC[C@H](CC3(C)C)c3cc(-c5c(F)cccc5F)nnc34)n2)n1. The Balaban J connectivity index is 1.42. The Labute approximate surface area is 224 Å². The van der Waals surface area contributed by atoms with Gasteiger partial charge in [-0.1, -0.05) is 19.9 Å². The summed E-state index contributed by atoms with van der Waals surface area (Å²) in [4.78, 5) is 25.3. The number of fused-ring (bicyclic) bond motifs is 2. The van der Waals surface area contributed by atoms with Gasteiger partial charge in [0.25, 0.3) is 5.95 Å². The van der Waals surface area contributed by atoms with Gasteiger partial charge in [0.1, 0.15) is 18.0 Å². The minimum Gasteiger partial charge on any atom is -0.359 e. The van der Waals surface area contributed by atoms with Crippen molar-refractivity contribution in [1.82, 2.24) is 40.2 Å². The van der Waals surface area contributed by atoms with Crippen LogP contribution >= 0.6 is 0 Å². The fourth-order valence-corrected chi connectivity index (χ4v) is 6.39. The van der Waals surface area contributed by atoms with Gasteiger partial charge in [-0.2, -0.15) is 9.78 Å². The fourth-order valence-electron chi connectivity index (χ4n) is 6.39. The van der Waals surface area contributed by atoms with Gasteiger partial charge in [-0.25, -0.2) is 23.7 Å². The molecule has 1 amide bonds. The van der Waals surface area contributed by atoms with Crippen molar-refractivity contribution < 1.29 is 13.6 Å². The van der Waals surface area contributed by atoms with Gasteiger partial charge in [0.15, 0.2) is 5.82 Å². The molecule has 0 unspecified atom stereocenters. The molecule has 3 heterocycles. The number of nitrogens with zero attached hydrogens (tertiary/aromatic N) is 7. The summed E-state index contributed by atoms with van der Waals surface area (Å²) in [5, 5.41) is 16.0. The van der Waals surface area contributed by atoms with E-state index in [4.69, 9.17) is 4.98 Å². The Kier molecular flexibility index (Phi) is 5.96. The van der Waals surface area contributed by atoms with Crippen LogP contribution in [0.15, 0.2) is 42.9 Å². The molecule has 11 heteroatoms. The third kappa shape index (κ3) is 3.98. The number of halogens is 2. The lowest BCUT2D eigenvalue weighted by molar-refractivity contribution is -0.120. The molecule has 0 saturated heterocycles. The van der Waals surface area contributed by atoms with Gasteiger partial charge in [0.2, 0.25) is 5.91 Å². The highest BCUT2D eigenvalue weighted by atomic mass is 19.1. The molecule has 1 N–H and O–H groups in total. The monoisotopic (exact) mass is 530 g/mol. The van der Waals surface area contributed by atoms with Gasteiger partial charge in [-0.3, -0.25) is 4.79 Å². The van der Waals surface area contributed by atoms with Crippen LogP contribution in [0.4, 0.5) is 8.78 Å². The van der Waals surface area contributed by atoms with Crippen LogP contribution in [-0.2, 0) is 16.6 Å². The molecule has 4 aromatic rings. The zero-order valence-corrected chi connectivity index (χ0v) is 21.9. The zero-order chi connectivity index (χ0) is 27.4. The van der Waals surface area contributed by atoms with Crippen molar-refractivity contribution in [1.29, 1.82) is 0 Å². The average molecular weight is 531 g/mol. The van der Waals surface area contributed by atoms with Crippen LogP contribution in [0.3, 0.4) is 0 Å². The molecule has 39 heavy (non-hydrogen) atoms. The first-order valence-corrected chi connectivity index (χ1v) is 13.0. The molecule has 7 rings (SSSR count). The third-order valence-corrected chi connectivity index (χ3v) is 8.35. The van der Waals surface area contributed by atoms with Crippen LogP contribution in [0, 0.1) is 17.0 Å². The minimum absolute atomic E-state index is 0.0838. The van der Waals surface area contributed by atoms with Gasteiger partial charge in [-0.05, 0) is 60.4 Å². The molecule has 0 aliphatic heterocycles. The molecule has 0 radical (unpaired) electrons. The number of aryl methyl sites for hydroxylation is 1. The lowest BCUT2D eigenvalue weighted by atomic mass is 9.47. The second-order valence-electron chi connectivity index (χ2n) is 10.9. The summed E-state index contributed by atoms with van der Waals surface area (Å²) in [7, 11) is 1.59. The van der Waals surface area contributed by atoms with Crippen molar-refractivity contribution in [2.24, 2.45) is 5.41 Å². The minimum atomic E-state index is -0.664. The molecule has 2 atom stereocenters. The number of benzene rings is 1. The maximum atomic E-state index is 14.6. The Hall–Kier alpha value is -4.15.